The number of nitrogens with one attached hydrogen (secondary N) is 1. The first-order valence-electron chi connectivity index (χ1n) is 9.30. The minimum Gasteiger partial charge on any atom is -0.450 e. The molecule has 9 heteroatoms. The molecule has 1 saturated heterocycles. The molecule has 29 heavy (non-hydrogen) atoms. The second kappa shape index (κ2) is 9.06. The van der Waals surface area contributed by atoms with Gasteiger partial charge in [0.15, 0.2) is 0 Å². The highest BCUT2D eigenvalue weighted by Crippen LogP contribution is 2.19. The van der Waals surface area contributed by atoms with E-state index < -0.39 is 16.1 Å². The van der Waals surface area contributed by atoms with E-state index in [-0.39, 0.29) is 43.6 Å². The van der Waals surface area contributed by atoms with Crippen LogP contribution in [0.1, 0.15) is 17.3 Å². The lowest BCUT2D eigenvalue weighted by molar-refractivity contribution is 0.0933. The van der Waals surface area contributed by atoms with Crippen LogP contribution in [0.25, 0.3) is 0 Å². The summed E-state index contributed by atoms with van der Waals surface area (Å²) in [6.45, 7) is 2.93. The molecule has 0 aliphatic carbocycles. The van der Waals surface area contributed by atoms with Gasteiger partial charge in [0.2, 0.25) is 10.0 Å². The fraction of sp³-hybridized carbons (Fsp3) is 0.300. The first kappa shape index (κ1) is 20.8. The molecule has 154 valence electrons. The molecule has 0 aromatic heterocycles. The highest BCUT2D eigenvalue weighted by Gasteiger charge is 2.30. The Kier molecular flexibility index (Phi) is 6.50. The van der Waals surface area contributed by atoms with Crippen molar-refractivity contribution < 1.29 is 22.7 Å². The second-order valence-corrected chi connectivity index (χ2v) is 8.37. The molecule has 8 nitrogen and oxygen atoms in total. The van der Waals surface area contributed by atoms with Crippen LogP contribution in [0.3, 0.4) is 0 Å². The Morgan fingerprint density at radius 1 is 0.966 bits per heavy atom. The molecule has 3 rings (SSSR count). The maximum absolute atomic E-state index is 12.9. The fourth-order valence-electron chi connectivity index (χ4n) is 2.98. The summed E-state index contributed by atoms with van der Waals surface area (Å²) < 4.78 is 32.0. The van der Waals surface area contributed by atoms with Gasteiger partial charge in [-0.15, -0.1) is 0 Å². The van der Waals surface area contributed by atoms with Crippen LogP contribution in [-0.2, 0) is 14.8 Å². The van der Waals surface area contributed by atoms with Gasteiger partial charge >= 0.3 is 6.09 Å². The number of carbonyl (C=O) groups is 2. The van der Waals surface area contributed by atoms with Crippen LogP contribution >= 0.6 is 0 Å². The second-order valence-electron chi connectivity index (χ2n) is 6.43. The molecule has 1 aliphatic heterocycles. The number of rotatable bonds is 5. The van der Waals surface area contributed by atoms with Crippen LogP contribution in [0.2, 0.25) is 0 Å². The predicted octanol–water partition coefficient (Wildman–Crippen LogP) is 2.40. The summed E-state index contributed by atoms with van der Waals surface area (Å²) in [5.74, 6) is -0.316. The Morgan fingerprint density at radius 2 is 1.59 bits per heavy atom. The average Bonchev–Trinajstić information content (AvgIpc) is 2.75. The van der Waals surface area contributed by atoms with E-state index in [0.29, 0.717) is 11.3 Å². The Bertz CT molecular complexity index is 953. The van der Waals surface area contributed by atoms with E-state index in [4.69, 9.17) is 4.74 Å². The maximum atomic E-state index is 12.9. The van der Waals surface area contributed by atoms with Crippen molar-refractivity contribution in [1.29, 1.82) is 0 Å². The number of sulfonamides is 1. The zero-order valence-electron chi connectivity index (χ0n) is 16.1. The molecule has 0 bridgehead atoms. The van der Waals surface area contributed by atoms with E-state index in [0.717, 1.165) is 0 Å². The molecule has 1 aliphatic rings. The zero-order chi connectivity index (χ0) is 20.9. The SMILES string of the molecule is CCOC(=O)N1CCN(S(=O)(=O)c2ccc(C(=O)Nc3ccccc3)cc2)CC1. The molecule has 0 atom stereocenters. The molecular weight excluding hydrogens is 394 g/mol. The Hall–Kier alpha value is -2.91. The standard InChI is InChI=1S/C20H23N3O5S/c1-2-28-20(25)22-12-14-23(15-13-22)29(26,27)18-10-8-16(9-11-18)19(24)21-17-6-4-3-5-7-17/h3-11H,2,12-15H2,1H3,(H,21,24). The topological polar surface area (TPSA) is 96.0 Å². The third-order valence-corrected chi connectivity index (χ3v) is 6.46. The maximum Gasteiger partial charge on any atom is 0.409 e. The molecular formula is C20H23N3O5S. The van der Waals surface area contributed by atoms with Crippen molar-refractivity contribution >= 4 is 27.7 Å². The van der Waals surface area contributed by atoms with Crippen molar-refractivity contribution in [3.8, 4) is 0 Å². The average molecular weight is 417 g/mol. The van der Waals surface area contributed by atoms with Gasteiger partial charge in [-0.3, -0.25) is 4.79 Å². The number of hydrogen-bond donors (Lipinski definition) is 1. The van der Waals surface area contributed by atoms with Gasteiger partial charge in [0.1, 0.15) is 0 Å². The largest absolute Gasteiger partial charge is 0.450 e. The molecule has 0 radical (unpaired) electrons. The van der Waals surface area contributed by atoms with Crippen molar-refractivity contribution in [2.45, 2.75) is 11.8 Å². The van der Waals surface area contributed by atoms with Gasteiger partial charge in [0.05, 0.1) is 11.5 Å². The smallest absolute Gasteiger partial charge is 0.409 e. The predicted molar refractivity (Wildman–Crippen MR) is 108 cm³/mol. The van der Waals surface area contributed by atoms with Crippen LogP contribution in [0.5, 0.6) is 0 Å². The number of para-hydroxylation sites is 1. The lowest BCUT2D eigenvalue weighted by atomic mass is 10.2. The minimum absolute atomic E-state index is 0.110. The summed E-state index contributed by atoms with van der Waals surface area (Å²) in [5, 5.41) is 2.76. The Morgan fingerprint density at radius 3 is 2.17 bits per heavy atom. The molecule has 0 saturated carbocycles. The van der Waals surface area contributed by atoms with E-state index in [1.807, 2.05) is 18.2 Å². The van der Waals surface area contributed by atoms with E-state index in [9.17, 15) is 18.0 Å². The summed E-state index contributed by atoms with van der Waals surface area (Å²) in [4.78, 5) is 25.7. The van der Waals surface area contributed by atoms with Crippen LogP contribution in [0, 0.1) is 0 Å². The van der Waals surface area contributed by atoms with Gasteiger partial charge in [0.25, 0.3) is 5.91 Å². The summed E-state index contributed by atoms with van der Waals surface area (Å²) in [6.07, 6.45) is -0.432. The Balaban J connectivity index is 1.64. The molecule has 1 fully saturated rings. The van der Waals surface area contributed by atoms with Gasteiger partial charge in [-0.1, -0.05) is 18.2 Å². The summed E-state index contributed by atoms with van der Waals surface area (Å²) in [5.41, 5.74) is 1.02. The zero-order valence-corrected chi connectivity index (χ0v) is 16.9. The van der Waals surface area contributed by atoms with Gasteiger partial charge < -0.3 is 15.0 Å². The van der Waals surface area contributed by atoms with Crippen molar-refractivity contribution in [2.75, 3.05) is 38.1 Å². The van der Waals surface area contributed by atoms with E-state index in [2.05, 4.69) is 5.32 Å². The summed E-state index contributed by atoms with van der Waals surface area (Å²) in [7, 11) is -3.70. The fourth-order valence-corrected chi connectivity index (χ4v) is 4.40. The van der Waals surface area contributed by atoms with Crippen LogP contribution in [0.15, 0.2) is 59.5 Å². The summed E-state index contributed by atoms with van der Waals surface area (Å²) in [6, 6.07) is 14.8. The number of ether oxygens (including phenoxy) is 1. The highest BCUT2D eigenvalue weighted by molar-refractivity contribution is 7.89. The number of carbonyl (C=O) groups excluding carboxylic acids is 2. The highest BCUT2D eigenvalue weighted by atomic mass is 32.2. The lowest BCUT2D eigenvalue weighted by Gasteiger charge is -2.33. The number of anilines is 1. The number of nitrogens with zero attached hydrogens (tertiary/aromatic N) is 2. The molecule has 0 unspecified atom stereocenters. The van der Waals surface area contributed by atoms with E-state index >= 15 is 0 Å². The lowest BCUT2D eigenvalue weighted by Crippen LogP contribution is -2.50. The third-order valence-electron chi connectivity index (χ3n) is 4.55. The number of benzene rings is 2. The number of hydrogen-bond acceptors (Lipinski definition) is 5. The summed E-state index contributed by atoms with van der Waals surface area (Å²) >= 11 is 0. The van der Waals surface area contributed by atoms with E-state index in [1.54, 1.807) is 19.1 Å². The van der Waals surface area contributed by atoms with Crippen LogP contribution < -0.4 is 5.32 Å². The van der Waals surface area contributed by atoms with Gasteiger partial charge in [0, 0.05) is 37.4 Å². The molecule has 1 heterocycles. The Labute approximate surface area is 170 Å². The normalized spacial score (nSPS) is 15.0. The number of piperazine rings is 1. The first-order chi connectivity index (χ1) is 13.9. The van der Waals surface area contributed by atoms with Crippen molar-refractivity contribution in [2.24, 2.45) is 0 Å². The molecule has 0 spiro atoms. The van der Waals surface area contributed by atoms with Crippen molar-refractivity contribution in [3.63, 3.8) is 0 Å². The third kappa shape index (κ3) is 4.93. The van der Waals surface area contributed by atoms with Crippen molar-refractivity contribution in [3.05, 3.63) is 60.2 Å². The van der Waals surface area contributed by atoms with Crippen molar-refractivity contribution in [1.82, 2.24) is 9.21 Å². The molecule has 1 N–H and O–H groups in total. The van der Waals surface area contributed by atoms with Gasteiger partial charge in [-0.2, -0.15) is 4.31 Å². The van der Waals surface area contributed by atoms with Crippen LogP contribution in [0.4, 0.5) is 10.5 Å². The van der Waals surface area contributed by atoms with Gasteiger partial charge in [-0.05, 0) is 43.3 Å². The quantitative estimate of drug-likeness (QED) is 0.806. The molecule has 2 amide bonds. The molecule has 2 aromatic rings. The molecule has 2 aromatic carbocycles. The minimum atomic E-state index is -3.70. The van der Waals surface area contributed by atoms with Gasteiger partial charge in [-0.25, -0.2) is 13.2 Å². The number of amides is 2. The first-order valence-corrected chi connectivity index (χ1v) is 10.7. The monoisotopic (exact) mass is 417 g/mol. The van der Waals surface area contributed by atoms with Crippen LogP contribution in [-0.4, -0.2) is 62.4 Å². The van der Waals surface area contributed by atoms with E-state index in [1.165, 1.54) is 33.5 Å².